The highest BCUT2D eigenvalue weighted by Crippen LogP contribution is 2.24. The van der Waals surface area contributed by atoms with Crippen LogP contribution in [0, 0.1) is 0 Å². The van der Waals surface area contributed by atoms with Crippen LogP contribution in [-0.2, 0) is 9.59 Å². The van der Waals surface area contributed by atoms with Gasteiger partial charge in [-0.3, -0.25) is 9.59 Å². The van der Waals surface area contributed by atoms with Crippen molar-refractivity contribution >= 4 is 17.3 Å². The van der Waals surface area contributed by atoms with Gasteiger partial charge in [-0.25, -0.2) is 0 Å². The number of carbonyl (C=O) groups excluding carboxylic acids is 2. The zero-order chi connectivity index (χ0) is 14.5. The second-order valence-electron chi connectivity index (χ2n) is 5.65. The summed E-state index contributed by atoms with van der Waals surface area (Å²) in [6.45, 7) is 5.16. The van der Waals surface area contributed by atoms with Crippen LogP contribution in [0.5, 0.6) is 0 Å². The maximum absolute atomic E-state index is 11.6. The Morgan fingerprint density at radius 3 is 1.85 bits per heavy atom. The van der Waals surface area contributed by atoms with Gasteiger partial charge < -0.3 is 4.90 Å². The summed E-state index contributed by atoms with van der Waals surface area (Å²) >= 11 is 0. The molecule has 0 saturated carbocycles. The molecule has 1 aromatic rings. The summed E-state index contributed by atoms with van der Waals surface area (Å²) < 4.78 is 0. The monoisotopic (exact) mass is 273 g/mol. The molecule has 0 N–H and O–H groups in total. The van der Waals surface area contributed by atoms with Crippen molar-refractivity contribution in [3.8, 4) is 0 Å². The molecule has 1 aliphatic rings. The molecule has 108 valence electrons. The summed E-state index contributed by atoms with van der Waals surface area (Å²) in [6, 6.07) is 7.93. The maximum atomic E-state index is 11.6. The molecule has 0 radical (unpaired) electrons. The lowest BCUT2D eigenvalue weighted by molar-refractivity contribution is -0.126. The highest BCUT2D eigenvalue weighted by atomic mass is 16.1. The summed E-state index contributed by atoms with van der Waals surface area (Å²) in [5, 5.41) is 0. The first-order valence-electron chi connectivity index (χ1n) is 7.45. The Hall–Kier alpha value is -1.64. The Morgan fingerprint density at radius 2 is 1.40 bits per heavy atom. The van der Waals surface area contributed by atoms with E-state index in [2.05, 4.69) is 4.90 Å². The molecule has 1 saturated heterocycles. The van der Waals surface area contributed by atoms with Gasteiger partial charge in [0.05, 0.1) is 0 Å². The van der Waals surface area contributed by atoms with Crippen molar-refractivity contribution in [1.82, 2.24) is 0 Å². The van der Waals surface area contributed by atoms with Crippen molar-refractivity contribution in [3.63, 3.8) is 0 Å². The van der Waals surface area contributed by atoms with E-state index in [-0.39, 0.29) is 11.6 Å². The molecule has 0 aromatic heterocycles. The number of Topliss-reactive ketones (excluding diaryl/α,β-unsaturated/α-hetero) is 2. The van der Waals surface area contributed by atoms with Crippen LogP contribution in [0.1, 0.15) is 51.0 Å². The molecule has 2 rings (SSSR count). The summed E-state index contributed by atoms with van der Waals surface area (Å²) in [6.07, 6.45) is 5.10. The van der Waals surface area contributed by atoms with Gasteiger partial charge in [-0.1, -0.05) is 25.0 Å². The minimum atomic E-state index is -0.604. The number of ketones is 2. The second-order valence-corrected chi connectivity index (χ2v) is 5.65. The molecule has 3 nitrogen and oxygen atoms in total. The number of hydrogen-bond acceptors (Lipinski definition) is 3. The highest BCUT2D eigenvalue weighted by Gasteiger charge is 2.21. The third-order valence-electron chi connectivity index (χ3n) is 4.01. The summed E-state index contributed by atoms with van der Waals surface area (Å²) in [4.78, 5) is 25.6. The molecule has 0 aliphatic carbocycles. The molecule has 0 bridgehead atoms. The predicted octanol–water partition coefficient (Wildman–Crippen LogP) is 3.33. The van der Waals surface area contributed by atoms with E-state index >= 15 is 0 Å². The molecule has 1 aliphatic heterocycles. The molecule has 0 atom stereocenters. The fraction of sp³-hybridized carbons (Fsp3) is 0.529. The van der Waals surface area contributed by atoms with Crippen LogP contribution < -0.4 is 4.90 Å². The van der Waals surface area contributed by atoms with E-state index in [9.17, 15) is 9.59 Å². The van der Waals surface area contributed by atoms with Gasteiger partial charge in [0.15, 0.2) is 0 Å². The Bertz CT molecular complexity index is 456. The van der Waals surface area contributed by atoms with Crippen LogP contribution in [0.3, 0.4) is 0 Å². The molecule has 1 aromatic carbocycles. The fourth-order valence-corrected chi connectivity index (χ4v) is 2.96. The minimum Gasteiger partial charge on any atom is -0.372 e. The Morgan fingerprint density at radius 1 is 0.900 bits per heavy atom. The average Bonchev–Trinajstić information content (AvgIpc) is 2.67. The topological polar surface area (TPSA) is 37.4 Å². The molecule has 1 heterocycles. The first kappa shape index (κ1) is 14.8. The lowest BCUT2D eigenvalue weighted by atomic mass is 9.92. The molecule has 0 spiro atoms. The Balaban J connectivity index is 2.16. The van der Waals surface area contributed by atoms with Crippen molar-refractivity contribution in [2.45, 2.75) is 45.4 Å². The van der Waals surface area contributed by atoms with Crippen LogP contribution in [0.15, 0.2) is 24.3 Å². The fourth-order valence-electron chi connectivity index (χ4n) is 2.96. The zero-order valence-electron chi connectivity index (χ0n) is 12.4. The van der Waals surface area contributed by atoms with Crippen molar-refractivity contribution in [1.29, 1.82) is 0 Å². The van der Waals surface area contributed by atoms with E-state index < -0.39 is 5.92 Å². The summed E-state index contributed by atoms with van der Waals surface area (Å²) in [5.41, 5.74) is 2.00. The highest BCUT2D eigenvalue weighted by molar-refractivity contribution is 6.05. The van der Waals surface area contributed by atoms with Gasteiger partial charge in [0.25, 0.3) is 0 Å². The summed E-state index contributed by atoms with van der Waals surface area (Å²) in [7, 11) is 0. The second kappa shape index (κ2) is 6.69. The molecule has 3 heteroatoms. The number of benzene rings is 1. The van der Waals surface area contributed by atoms with Gasteiger partial charge in [-0.2, -0.15) is 0 Å². The van der Waals surface area contributed by atoms with E-state index in [1.165, 1.54) is 45.2 Å². The predicted molar refractivity (Wildman–Crippen MR) is 81.2 cm³/mol. The van der Waals surface area contributed by atoms with Crippen LogP contribution in [0.4, 0.5) is 5.69 Å². The van der Waals surface area contributed by atoms with Crippen molar-refractivity contribution in [2.24, 2.45) is 0 Å². The number of nitrogens with zero attached hydrogens (tertiary/aromatic N) is 1. The molecular weight excluding hydrogens is 250 g/mol. The molecular formula is C17H23NO2. The molecule has 20 heavy (non-hydrogen) atoms. The van der Waals surface area contributed by atoms with Gasteiger partial charge in [-0.05, 0) is 44.4 Å². The zero-order valence-corrected chi connectivity index (χ0v) is 12.4. The van der Waals surface area contributed by atoms with Crippen molar-refractivity contribution in [2.75, 3.05) is 18.0 Å². The van der Waals surface area contributed by atoms with Crippen LogP contribution in [0.2, 0.25) is 0 Å². The smallest absolute Gasteiger partial charge is 0.144 e. The van der Waals surface area contributed by atoms with Gasteiger partial charge in [0.2, 0.25) is 0 Å². The van der Waals surface area contributed by atoms with E-state index in [0.717, 1.165) is 18.7 Å². The van der Waals surface area contributed by atoms with Crippen molar-refractivity contribution in [3.05, 3.63) is 29.8 Å². The number of anilines is 1. The largest absolute Gasteiger partial charge is 0.372 e. The van der Waals surface area contributed by atoms with E-state index in [1.54, 1.807) is 0 Å². The Labute approximate surface area is 121 Å². The Kier molecular flexibility index (Phi) is 4.94. The normalized spacial score (nSPS) is 16.1. The van der Waals surface area contributed by atoms with Crippen LogP contribution >= 0.6 is 0 Å². The summed E-state index contributed by atoms with van der Waals surface area (Å²) in [5.74, 6) is -0.770. The number of carbonyl (C=O) groups is 2. The lowest BCUT2D eigenvalue weighted by Gasteiger charge is -2.23. The average molecular weight is 273 g/mol. The number of hydrogen-bond donors (Lipinski definition) is 0. The van der Waals surface area contributed by atoms with E-state index in [1.807, 2.05) is 24.3 Å². The first-order chi connectivity index (χ1) is 9.59. The standard InChI is InChI=1S/C17H23NO2/c1-13(19)17(14(2)20)15-7-9-16(10-8-15)18-11-5-3-4-6-12-18/h7-10,17H,3-6,11-12H2,1-2H3. The maximum Gasteiger partial charge on any atom is 0.144 e. The van der Waals surface area contributed by atoms with E-state index in [4.69, 9.17) is 0 Å². The minimum absolute atomic E-state index is 0.0833. The van der Waals surface area contributed by atoms with Gasteiger partial charge in [0.1, 0.15) is 17.5 Å². The molecule has 1 fully saturated rings. The van der Waals surface area contributed by atoms with Crippen molar-refractivity contribution < 1.29 is 9.59 Å². The first-order valence-corrected chi connectivity index (χ1v) is 7.45. The molecule has 0 unspecified atom stereocenters. The quantitative estimate of drug-likeness (QED) is 0.790. The lowest BCUT2D eigenvalue weighted by Crippen LogP contribution is -2.24. The van der Waals surface area contributed by atoms with Crippen LogP contribution in [-0.4, -0.2) is 24.7 Å². The third-order valence-corrected chi connectivity index (χ3v) is 4.01. The van der Waals surface area contributed by atoms with Gasteiger partial charge >= 0.3 is 0 Å². The van der Waals surface area contributed by atoms with Gasteiger partial charge in [0, 0.05) is 18.8 Å². The van der Waals surface area contributed by atoms with Gasteiger partial charge in [-0.15, -0.1) is 0 Å². The SMILES string of the molecule is CC(=O)C(C(C)=O)c1ccc(N2CCCCCC2)cc1. The van der Waals surface area contributed by atoms with E-state index in [0.29, 0.717) is 0 Å². The third kappa shape index (κ3) is 3.47. The molecule has 0 amide bonds. The number of rotatable bonds is 4. The van der Waals surface area contributed by atoms with Crippen LogP contribution in [0.25, 0.3) is 0 Å².